The Labute approximate surface area is 185 Å². The van der Waals surface area contributed by atoms with Gasteiger partial charge in [-0.15, -0.1) is 0 Å². The fourth-order valence-corrected chi connectivity index (χ4v) is 5.08. The summed E-state index contributed by atoms with van der Waals surface area (Å²) < 4.78 is 44.9. The van der Waals surface area contributed by atoms with E-state index in [9.17, 15) is 13.2 Å². The first-order valence-corrected chi connectivity index (χ1v) is 11.4. The number of amides is 1. The van der Waals surface area contributed by atoms with Gasteiger partial charge in [-0.25, -0.2) is 8.42 Å². The van der Waals surface area contributed by atoms with E-state index in [4.69, 9.17) is 13.9 Å². The summed E-state index contributed by atoms with van der Waals surface area (Å²) in [6.45, 7) is 5.13. The van der Waals surface area contributed by atoms with E-state index in [0.717, 1.165) is 0 Å². The van der Waals surface area contributed by atoms with Crippen LogP contribution >= 0.6 is 0 Å². The highest BCUT2D eigenvalue weighted by Gasteiger charge is 2.31. The van der Waals surface area contributed by atoms with Crippen LogP contribution in [0.1, 0.15) is 30.1 Å². The Morgan fingerprint density at radius 3 is 2.72 bits per heavy atom. The van der Waals surface area contributed by atoms with Crippen LogP contribution < -0.4 is 14.8 Å². The van der Waals surface area contributed by atoms with Crippen LogP contribution in [0.2, 0.25) is 0 Å². The minimum absolute atomic E-state index is 0.0780. The van der Waals surface area contributed by atoms with Crippen molar-refractivity contribution in [3.63, 3.8) is 0 Å². The molecule has 2 aromatic heterocycles. The number of ether oxygens (including phenoxy) is 2. The molecule has 0 fully saturated rings. The molecule has 0 radical (unpaired) electrons. The van der Waals surface area contributed by atoms with E-state index in [0.29, 0.717) is 34.3 Å². The van der Waals surface area contributed by atoms with E-state index >= 15 is 0 Å². The van der Waals surface area contributed by atoms with Gasteiger partial charge in [-0.2, -0.15) is 9.40 Å². The summed E-state index contributed by atoms with van der Waals surface area (Å²) in [6, 6.07) is 7.75. The molecule has 0 spiro atoms. The fraction of sp³-hybridized carbons (Fsp3) is 0.333. The Hall–Kier alpha value is -3.31. The third-order valence-corrected chi connectivity index (χ3v) is 7.33. The second-order valence-corrected chi connectivity index (χ2v) is 9.50. The predicted molar refractivity (Wildman–Crippen MR) is 115 cm³/mol. The van der Waals surface area contributed by atoms with Gasteiger partial charge in [0.05, 0.1) is 24.2 Å². The Kier molecular flexibility index (Phi) is 5.70. The Morgan fingerprint density at radius 1 is 1.25 bits per heavy atom. The molecule has 0 aliphatic carbocycles. The van der Waals surface area contributed by atoms with Crippen molar-refractivity contribution in [2.75, 3.05) is 19.2 Å². The largest absolute Gasteiger partial charge is 0.468 e. The van der Waals surface area contributed by atoms with Gasteiger partial charge in [-0.05, 0) is 45.0 Å². The van der Waals surface area contributed by atoms with Crippen molar-refractivity contribution in [1.29, 1.82) is 0 Å². The fourth-order valence-electron chi connectivity index (χ4n) is 3.59. The van der Waals surface area contributed by atoms with Crippen molar-refractivity contribution in [3.05, 3.63) is 53.7 Å². The predicted octanol–water partition coefficient (Wildman–Crippen LogP) is 2.84. The highest BCUT2D eigenvalue weighted by Crippen LogP contribution is 2.34. The molecule has 1 aliphatic rings. The van der Waals surface area contributed by atoms with Gasteiger partial charge in [0, 0.05) is 18.8 Å². The van der Waals surface area contributed by atoms with Gasteiger partial charge < -0.3 is 19.2 Å². The van der Waals surface area contributed by atoms with Crippen molar-refractivity contribution >= 4 is 21.6 Å². The summed E-state index contributed by atoms with van der Waals surface area (Å²) in [4.78, 5) is 12.9. The normalized spacial score (nSPS) is 14.0. The Morgan fingerprint density at radius 2 is 2.00 bits per heavy atom. The number of furan rings is 1. The SMILES string of the molecule is Cc1nn(C(C)C(=O)Nc2ccc3c(c2)OCO3)c(C)c1S(=O)(=O)N(C)Cc1ccco1. The molecule has 3 heterocycles. The van der Waals surface area contributed by atoms with E-state index in [1.165, 1.54) is 22.3 Å². The smallest absolute Gasteiger partial charge is 0.248 e. The highest BCUT2D eigenvalue weighted by atomic mass is 32.2. The molecule has 1 aliphatic heterocycles. The van der Waals surface area contributed by atoms with Crippen molar-refractivity contribution in [3.8, 4) is 11.5 Å². The lowest BCUT2D eigenvalue weighted by Crippen LogP contribution is -2.28. The van der Waals surface area contributed by atoms with Gasteiger partial charge in [-0.3, -0.25) is 9.48 Å². The molecular formula is C21H24N4O6S. The molecule has 1 N–H and O–H groups in total. The molecule has 11 heteroatoms. The number of carbonyl (C=O) groups is 1. The average molecular weight is 461 g/mol. The number of aromatic nitrogens is 2. The number of rotatable bonds is 7. The molecule has 32 heavy (non-hydrogen) atoms. The molecular weight excluding hydrogens is 436 g/mol. The van der Waals surface area contributed by atoms with E-state index in [2.05, 4.69) is 10.4 Å². The van der Waals surface area contributed by atoms with Crippen molar-refractivity contribution in [1.82, 2.24) is 14.1 Å². The number of carbonyl (C=O) groups excluding carboxylic acids is 1. The third kappa shape index (κ3) is 3.96. The van der Waals surface area contributed by atoms with Crippen LogP contribution in [0, 0.1) is 13.8 Å². The zero-order valence-electron chi connectivity index (χ0n) is 18.2. The summed E-state index contributed by atoms with van der Waals surface area (Å²) in [5.74, 6) is 1.34. The lowest BCUT2D eigenvalue weighted by atomic mass is 10.2. The third-order valence-electron chi connectivity index (χ3n) is 5.27. The minimum atomic E-state index is -3.85. The second kappa shape index (κ2) is 8.32. The summed E-state index contributed by atoms with van der Waals surface area (Å²) >= 11 is 0. The maximum Gasteiger partial charge on any atom is 0.248 e. The van der Waals surface area contributed by atoms with Crippen LogP contribution in [0.15, 0.2) is 45.9 Å². The highest BCUT2D eigenvalue weighted by molar-refractivity contribution is 7.89. The van der Waals surface area contributed by atoms with Crippen molar-refractivity contribution < 1.29 is 27.1 Å². The molecule has 10 nitrogen and oxygen atoms in total. The van der Waals surface area contributed by atoms with E-state index in [1.54, 1.807) is 51.1 Å². The van der Waals surface area contributed by atoms with Crippen LogP contribution in [0.5, 0.6) is 11.5 Å². The molecule has 170 valence electrons. The van der Waals surface area contributed by atoms with Gasteiger partial charge in [-0.1, -0.05) is 0 Å². The molecule has 1 atom stereocenters. The molecule has 3 aromatic rings. The van der Waals surface area contributed by atoms with Gasteiger partial charge in [0.15, 0.2) is 11.5 Å². The van der Waals surface area contributed by atoms with Crippen LogP contribution in [-0.4, -0.2) is 42.3 Å². The molecule has 1 unspecified atom stereocenters. The number of nitrogens with zero attached hydrogens (tertiary/aromatic N) is 3. The quantitative estimate of drug-likeness (QED) is 0.576. The zero-order valence-corrected chi connectivity index (χ0v) is 19.0. The van der Waals surface area contributed by atoms with Crippen molar-refractivity contribution in [2.24, 2.45) is 0 Å². The van der Waals surface area contributed by atoms with E-state index < -0.39 is 16.1 Å². The number of anilines is 1. The maximum atomic E-state index is 13.2. The molecule has 1 aromatic carbocycles. The van der Waals surface area contributed by atoms with Crippen LogP contribution in [0.25, 0.3) is 0 Å². The number of benzene rings is 1. The molecule has 0 saturated heterocycles. The summed E-state index contributed by atoms with van der Waals surface area (Å²) in [7, 11) is -2.38. The molecule has 0 bridgehead atoms. The molecule has 1 amide bonds. The molecule has 0 saturated carbocycles. The Balaban J connectivity index is 1.55. The minimum Gasteiger partial charge on any atom is -0.468 e. The first-order valence-electron chi connectivity index (χ1n) is 9.93. The average Bonchev–Trinajstić information content (AvgIpc) is 3.47. The maximum absolute atomic E-state index is 13.2. The number of nitrogens with one attached hydrogen (secondary N) is 1. The van der Waals surface area contributed by atoms with Crippen LogP contribution in [-0.2, 0) is 21.4 Å². The van der Waals surface area contributed by atoms with E-state index in [1.807, 2.05) is 0 Å². The number of hydrogen-bond acceptors (Lipinski definition) is 7. The number of sulfonamides is 1. The van der Waals surface area contributed by atoms with Gasteiger partial charge in [0.25, 0.3) is 0 Å². The van der Waals surface area contributed by atoms with Crippen LogP contribution in [0.3, 0.4) is 0 Å². The lowest BCUT2D eigenvalue weighted by Gasteiger charge is -2.17. The number of aryl methyl sites for hydroxylation is 1. The number of fused-ring (bicyclic) bond motifs is 1. The van der Waals surface area contributed by atoms with Crippen molar-refractivity contribution in [2.45, 2.75) is 38.3 Å². The topological polar surface area (TPSA) is 116 Å². The monoisotopic (exact) mass is 460 g/mol. The Bertz CT molecular complexity index is 1250. The summed E-state index contributed by atoms with van der Waals surface area (Å²) in [5.41, 5.74) is 1.23. The van der Waals surface area contributed by atoms with Gasteiger partial charge in [0.2, 0.25) is 22.7 Å². The second-order valence-electron chi connectivity index (χ2n) is 7.52. The van der Waals surface area contributed by atoms with E-state index in [-0.39, 0.29) is 24.1 Å². The van der Waals surface area contributed by atoms with Gasteiger partial charge >= 0.3 is 0 Å². The van der Waals surface area contributed by atoms with Crippen LogP contribution in [0.4, 0.5) is 5.69 Å². The molecule has 4 rings (SSSR count). The summed E-state index contributed by atoms with van der Waals surface area (Å²) in [5, 5.41) is 7.17. The first kappa shape index (κ1) is 21.9. The lowest BCUT2D eigenvalue weighted by molar-refractivity contribution is -0.119. The standard InChI is InChI=1S/C21H24N4O6S/c1-13-20(32(27,28)24(4)11-17-6-5-9-29-17)14(2)25(23-13)15(3)21(26)22-16-7-8-18-19(10-16)31-12-30-18/h5-10,15H,11-12H2,1-4H3,(H,22,26). The van der Waals surface area contributed by atoms with Gasteiger partial charge in [0.1, 0.15) is 16.7 Å². The first-order chi connectivity index (χ1) is 15.2. The number of hydrogen-bond donors (Lipinski definition) is 1. The zero-order chi connectivity index (χ0) is 23.0. The summed E-state index contributed by atoms with van der Waals surface area (Å²) in [6.07, 6.45) is 1.49.